The van der Waals surface area contributed by atoms with Crippen molar-refractivity contribution < 1.29 is 26.4 Å². The van der Waals surface area contributed by atoms with Crippen LogP contribution in [0.4, 0.5) is 29.6 Å². The minimum Gasteiger partial charge on any atom is -0.356 e. The lowest BCUT2D eigenvalue weighted by Crippen LogP contribution is -2.41. The molecule has 0 saturated carbocycles. The van der Waals surface area contributed by atoms with Gasteiger partial charge in [0, 0.05) is 45.3 Å². The fourth-order valence-electron chi connectivity index (χ4n) is 4.54. The molecular weight excluding hydrogens is 587 g/mol. The van der Waals surface area contributed by atoms with Crippen molar-refractivity contribution in [3.63, 3.8) is 0 Å². The summed E-state index contributed by atoms with van der Waals surface area (Å²) in [6, 6.07) is 10.7. The van der Waals surface area contributed by atoms with E-state index in [0.29, 0.717) is 68.8 Å². The molecule has 1 aromatic carbocycles. The van der Waals surface area contributed by atoms with Crippen molar-refractivity contribution in [3.05, 3.63) is 47.3 Å². The van der Waals surface area contributed by atoms with Crippen LogP contribution in [-0.2, 0) is 22.6 Å². The van der Waals surface area contributed by atoms with Crippen molar-refractivity contribution in [2.75, 3.05) is 61.4 Å². The standard InChI is InChI=1S/C18H28F3N7O3S.C9H10N2/c19-18(20,21)16-25-14(27-7-1-8-27)12-15(26-16)28-9-3-13(4-10-28)2-5-23-17(29)24-6-11-32(22,30)31;10-6-5-8-1-3-9(7-11)4-2-8/h12-13H,1-11H2,(H2,22,30,31)(H2,23,24,29);1-4H,5-6,10H2. The van der Waals surface area contributed by atoms with Crippen molar-refractivity contribution >= 4 is 27.7 Å². The van der Waals surface area contributed by atoms with Gasteiger partial charge in [0.05, 0.1) is 17.4 Å². The number of halogens is 3. The van der Waals surface area contributed by atoms with Crippen LogP contribution >= 0.6 is 0 Å². The maximum atomic E-state index is 13.3. The number of carbonyl (C=O) groups excluding carboxylic acids is 1. The first kappa shape index (κ1) is 33.8. The van der Waals surface area contributed by atoms with Crippen LogP contribution in [0.5, 0.6) is 0 Å². The molecule has 4 rings (SSSR count). The van der Waals surface area contributed by atoms with Crippen LogP contribution in [0, 0.1) is 17.2 Å². The summed E-state index contributed by atoms with van der Waals surface area (Å²) >= 11 is 0. The van der Waals surface area contributed by atoms with Gasteiger partial charge in [0.2, 0.25) is 15.8 Å². The molecule has 0 aliphatic carbocycles. The molecule has 2 aromatic rings. The molecule has 43 heavy (non-hydrogen) atoms. The molecule has 0 spiro atoms. The Labute approximate surface area is 249 Å². The fourth-order valence-corrected chi connectivity index (χ4v) is 4.93. The number of nitrogens with two attached hydrogens (primary N) is 2. The van der Waals surface area contributed by atoms with Gasteiger partial charge < -0.3 is 26.2 Å². The Balaban J connectivity index is 0.000000386. The van der Waals surface area contributed by atoms with E-state index in [0.717, 1.165) is 25.7 Å². The number of nitrogens with one attached hydrogen (secondary N) is 2. The van der Waals surface area contributed by atoms with E-state index >= 15 is 0 Å². The molecule has 2 aliphatic heterocycles. The highest BCUT2D eigenvalue weighted by Crippen LogP contribution is 2.33. The first-order valence-electron chi connectivity index (χ1n) is 14.1. The molecule has 236 valence electrons. The second-order valence-electron chi connectivity index (χ2n) is 10.4. The Bertz CT molecular complexity index is 1340. The summed E-state index contributed by atoms with van der Waals surface area (Å²) in [5.74, 6) is -0.530. The van der Waals surface area contributed by atoms with Gasteiger partial charge in [-0.3, -0.25) is 0 Å². The van der Waals surface area contributed by atoms with E-state index in [4.69, 9.17) is 16.1 Å². The first-order chi connectivity index (χ1) is 20.4. The average molecular weight is 626 g/mol. The zero-order valence-electron chi connectivity index (χ0n) is 23.8. The smallest absolute Gasteiger partial charge is 0.356 e. The normalized spacial score (nSPS) is 15.5. The summed E-state index contributed by atoms with van der Waals surface area (Å²) in [5, 5.41) is 18.4. The number of alkyl halides is 3. The number of nitriles is 1. The third-order valence-corrected chi connectivity index (χ3v) is 7.87. The molecule has 2 amide bonds. The van der Waals surface area contributed by atoms with E-state index in [2.05, 4.69) is 26.7 Å². The molecule has 3 heterocycles. The highest BCUT2D eigenvalue weighted by Gasteiger charge is 2.37. The van der Waals surface area contributed by atoms with E-state index in [-0.39, 0.29) is 12.3 Å². The van der Waals surface area contributed by atoms with Gasteiger partial charge in [-0.1, -0.05) is 12.1 Å². The molecule has 2 aliphatic rings. The van der Waals surface area contributed by atoms with E-state index in [9.17, 15) is 26.4 Å². The number of primary sulfonamides is 1. The summed E-state index contributed by atoms with van der Waals surface area (Å²) in [6.07, 6.45) is -0.546. The molecular formula is C27H38F3N9O3S. The van der Waals surface area contributed by atoms with Crippen LogP contribution in [0.2, 0.25) is 0 Å². The van der Waals surface area contributed by atoms with Crippen molar-refractivity contribution in [2.45, 2.75) is 38.3 Å². The van der Waals surface area contributed by atoms with E-state index in [1.807, 2.05) is 34.1 Å². The predicted molar refractivity (Wildman–Crippen MR) is 157 cm³/mol. The molecule has 12 nitrogen and oxygen atoms in total. The van der Waals surface area contributed by atoms with Gasteiger partial charge in [-0.05, 0) is 62.3 Å². The highest BCUT2D eigenvalue weighted by atomic mass is 32.2. The number of urea groups is 1. The number of benzene rings is 1. The number of carbonyl (C=O) groups is 1. The molecule has 0 radical (unpaired) electrons. The fraction of sp³-hybridized carbons (Fsp3) is 0.556. The van der Waals surface area contributed by atoms with Gasteiger partial charge in [0.15, 0.2) is 0 Å². The first-order valence-corrected chi connectivity index (χ1v) is 15.8. The van der Waals surface area contributed by atoms with Gasteiger partial charge in [0.1, 0.15) is 11.6 Å². The highest BCUT2D eigenvalue weighted by molar-refractivity contribution is 7.89. The molecule has 2 saturated heterocycles. The molecule has 6 N–H and O–H groups in total. The molecule has 0 bridgehead atoms. The number of nitrogens with zero attached hydrogens (tertiary/aromatic N) is 5. The molecule has 2 fully saturated rings. The Hall–Kier alpha value is -3.68. The third-order valence-electron chi connectivity index (χ3n) is 7.10. The summed E-state index contributed by atoms with van der Waals surface area (Å²) < 4.78 is 61.5. The zero-order chi connectivity index (χ0) is 31.5. The number of rotatable bonds is 10. The predicted octanol–water partition coefficient (Wildman–Crippen LogP) is 1.96. The van der Waals surface area contributed by atoms with Gasteiger partial charge in [-0.2, -0.15) is 18.4 Å². The van der Waals surface area contributed by atoms with E-state index in [1.165, 1.54) is 5.56 Å². The number of hydrogen-bond donors (Lipinski definition) is 4. The number of piperidine rings is 1. The lowest BCUT2D eigenvalue weighted by Gasteiger charge is -2.35. The average Bonchev–Trinajstić information content (AvgIpc) is 2.92. The second kappa shape index (κ2) is 15.7. The van der Waals surface area contributed by atoms with E-state index < -0.39 is 28.1 Å². The largest absolute Gasteiger partial charge is 0.451 e. The minimum absolute atomic E-state index is 0.0681. The number of amides is 2. The third kappa shape index (κ3) is 11.5. The van der Waals surface area contributed by atoms with Crippen molar-refractivity contribution in [2.24, 2.45) is 16.8 Å². The maximum absolute atomic E-state index is 13.3. The van der Waals surface area contributed by atoms with Gasteiger partial charge in [0.25, 0.3) is 0 Å². The van der Waals surface area contributed by atoms with Crippen molar-refractivity contribution in [1.29, 1.82) is 5.26 Å². The Morgan fingerprint density at radius 3 is 2.09 bits per heavy atom. The van der Waals surface area contributed by atoms with Crippen LogP contribution in [0.1, 0.15) is 42.6 Å². The molecule has 1 aromatic heterocycles. The summed E-state index contributed by atoms with van der Waals surface area (Å²) in [6.45, 7) is 3.53. The Morgan fingerprint density at radius 2 is 1.60 bits per heavy atom. The number of sulfonamides is 1. The molecule has 0 unspecified atom stereocenters. The van der Waals surface area contributed by atoms with Gasteiger partial charge >= 0.3 is 12.2 Å². The molecule has 0 atom stereocenters. The summed E-state index contributed by atoms with van der Waals surface area (Å²) in [5.41, 5.74) is 7.25. The van der Waals surface area contributed by atoms with Crippen molar-refractivity contribution in [3.8, 4) is 6.07 Å². The monoisotopic (exact) mass is 625 g/mol. The van der Waals surface area contributed by atoms with Crippen LogP contribution in [0.15, 0.2) is 30.3 Å². The Kier molecular flexibility index (Phi) is 12.3. The van der Waals surface area contributed by atoms with Crippen LogP contribution in [0.3, 0.4) is 0 Å². The summed E-state index contributed by atoms with van der Waals surface area (Å²) in [4.78, 5) is 22.8. The van der Waals surface area contributed by atoms with Crippen LogP contribution in [0.25, 0.3) is 0 Å². The van der Waals surface area contributed by atoms with Crippen molar-refractivity contribution in [1.82, 2.24) is 20.6 Å². The summed E-state index contributed by atoms with van der Waals surface area (Å²) in [7, 11) is -3.62. The van der Waals surface area contributed by atoms with E-state index in [1.54, 1.807) is 6.07 Å². The maximum Gasteiger partial charge on any atom is 0.451 e. The lowest BCUT2D eigenvalue weighted by atomic mass is 9.93. The Morgan fingerprint density at radius 1 is 1.02 bits per heavy atom. The molecule has 16 heteroatoms. The SMILES string of the molecule is N#Cc1ccc(CCN)cc1.NS(=O)(=O)CCNC(=O)NCCC1CCN(c2cc(N3CCC3)nc(C(F)(F)F)n2)CC1. The number of aromatic nitrogens is 2. The lowest BCUT2D eigenvalue weighted by molar-refractivity contribution is -0.144. The quantitative estimate of drug-likeness (QED) is 0.307. The minimum atomic E-state index is -4.60. The number of anilines is 2. The van der Waals surface area contributed by atoms with Crippen LogP contribution in [-0.4, -0.2) is 76.0 Å². The topological polar surface area (TPSA) is 183 Å². The van der Waals surface area contributed by atoms with Gasteiger partial charge in [-0.15, -0.1) is 0 Å². The van der Waals surface area contributed by atoms with Gasteiger partial charge in [-0.25, -0.2) is 28.3 Å². The van der Waals surface area contributed by atoms with Crippen LogP contribution < -0.4 is 31.3 Å². The number of hydrogen-bond acceptors (Lipinski definition) is 9. The zero-order valence-corrected chi connectivity index (χ0v) is 24.6. The second-order valence-corrected chi connectivity index (χ2v) is 12.1.